The molecule has 1 aromatic rings. The van der Waals surface area contributed by atoms with E-state index in [1.807, 2.05) is 18.2 Å². The highest BCUT2D eigenvalue weighted by Crippen LogP contribution is 2.30. The summed E-state index contributed by atoms with van der Waals surface area (Å²) in [6, 6.07) is 10.7. The lowest BCUT2D eigenvalue weighted by molar-refractivity contribution is -0.184. The summed E-state index contributed by atoms with van der Waals surface area (Å²) in [6.45, 7) is 2.34. The zero-order valence-electron chi connectivity index (χ0n) is 13.0. The van der Waals surface area contributed by atoms with Gasteiger partial charge in [0.2, 0.25) is 5.91 Å². The average Bonchev–Trinajstić information content (AvgIpc) is 2.89. The number of nitrogens with zero attached hydrogens (tertiary/aromatic N) is 1. The van der Waals surface area contributed by atoms with E-state index in [0.29, 0.717) is 13.2 Å². The van der Waals surface area contributed by atoms with Crippen LogP contribution >= 0.6 is 0 Å². The first-order valence-electron chi connectivity index (χ1n) is 8.02. The minimum Gasteiger partial charge on any atom is -0.352 e. The highest BCUT2D eigenvalue weighted by atomic mass is 16.7. The Balaban J connectivity index is 1.59. The van der Waals surface area contributed by atoms with Crippen LogP contribution in [-0.4, -0.2) is 49.9 Å². The fourth-order valence-corrected chi connectivity index (χ4v) is 3.31. The first kappa shape index (κ1) is 15.5. The lowest BCUT2D eigenvalue weighted by Crippen LogP contribution is -2.41. The minimum absolute atomic E-state index is 0.00753. The maximum atomic E-state index is 12.3. The van der Waals surface area contributed by atoms with Crippen molar-refractivity contribution in [2.24, 2.45) is 0 Å². The molecule has 0 aromatic heterocycles. The summed E-state index contributed by atoms with van der Waals surface area (Å²) in [5.74, 6) is 0.00753. The zero-order chi connectivity index (χ0) is 15.4. The monoisotopic (exact) mass is 304 g/mol. The van der Waals surface area contributed by atoms with E-state index >= 15 is 0 Å². The van der Waals surface area contributed by atoms with Gasteiger partial charge in [-0.1, -0.05) is 30.3 Å². The SMILES string of the molecule is CN1CCC(NC(=O)CC2OCCCO2)C1c1ccccc1. The average molecular weight is 304 g/mol. The summed E-state index contributed by atoms with van der Waals surface area (Å²) in [6.07, 6.45) is 1.76. The number of rotatable bonds is 4. The largest absolute Gasteiger partial charge is 0.352 e. The molecule has 1 N–H and O–H groups in total. The molecule has 2 heterocycles. The van der Waals surface area contributed by atoms with Gasteiger partial charge in [-0.2, -0.15) is 0 Å². The van der Waals surface area contributed by atoms with Crippen LogP contribution in [0.3, 0.4) is 0 Å². The molecule has 2 aliphatic heterocycles. The molecule has 0 aliphatic carbocycles. The molecule has 22 heavy (non-hydrogen) atoms. The number of nitrogens with one attached hydrogen (secondary N) is 1. The molecular formula is C17H24N2O3. The molecule has 5 nitrogen and oxygen atoms in total. The van der Waals surface area contributed by atoms with Crippen LogP contribution in [0.4, 0.5) is 0 Å². The molecule has 2 fully saturated rings. The summed E-state index contributed by atoms with van der Waals surface area (Å²) in [4.78, 5) is 14.6. The second-order valence-electron chi connectivity index (χ2n) is 6.03. The highest BCUT2D eigenvalue weighted by molar-refractivity contribution is 5.76. The summed E-state index contributed by atoms with van der Waals surface area (Å²) in [5, 5.41) is 3.16. The van der Waals surface area contributed by atoms with Crippen molar-refractivity contribution in [2.45, 2.75) is 37.6 Å². The van der Waals surface area contributed by atoms with Crippen LogP contribution in [0.25, 0.3) is 0 Å². The number of benzene rings is 1. The molecule has 2 unspecified atom stereocenters. The van der Waals surface area contributed by atoms with Gasteiger partial charge in [0, 0.05) is 12.6 Å². The Hall–Kier alpha value is -1.43. The van der Waals surface area contributed by atoms with E-state index in [-0.39, 0.29) is 30.7 Å². The fraction of sp³-hybridized carbons (Fsp3) is 0.588. The summed E-state index contributed by atoms with van der Waals surface area (Å²) < 4.78 is 10.9. The van der Waals surface area contributed by atoms with Crippen molar-refractivity contribution in [1.29, 1.82) is 0 Å². The molecule has 0 bridgehead atoms. The number of likely N-dealkylation sites (tertiary alicyclic amines) is 1. The van der Waals surface area contributed by atoms with Gasteiger partial charge in [0.25, 0.3) is 0 Å². The first-order chi connectivity index (χ1) is 10.7. The Morgan fingerprint density at radius 2 is 2.00 bits per heavy atom. The van der Waals surface area contributed by atoms with Gasteiger partial charge in [-0.25, -0.2) is 0 Å². The number of carbonyl (C=O) groups is 1. The van der Waals surface area contributed by atoms with E-state index in [2.05, 4.69) is 29.4 Å². The number of hydrogen-bond donors (Lipinski definition) is 1. The van der Waals surface area contributed by atoms with Gasteiger partial charge in [-0.05, 0) is 25.5 Å². The Bertz CT molecular complexity index is 488. The van der Waals surface area contributed by atoms with Gasteiger partial charge >= 0.3 is 0 Å². The van der Waals surface area contributed by atoms with Crippen molar-refractivity contribution in [2.75, 3.05) is 26.8 Å². The van der Waals surface area contributed by atoms with E-state index in [0.717, 1.165) is 19.4 Å². The molecule has 1 aromatic carbocycles. The van der Waals surface area contributed by atoms with Gasteiger partial charge < -0.3 is 14.8 Å². The predicted molar refractivity (Wildman–Crippen MR) is 83.3 cm³/mol. The normalized spacial score (nSPS) is 27.0. The highest BCUT2D eigenvalue weighted by Gasteiger charge is 2.34. The van der Waals surface area contributed by atoms with Crippen LogP contribution in [0.1, 0.15) is 30.9 Å². The molecule has 2 aliphatic rings. The molecule has 2 saturated heterocycles. The Morgan fingerprint density at radius 3 is 2.73 bits per heavy atom. The van der Waals surface area contributed by atoms with Gasteiger partial charge in [0.15, 0.2) is 6.29 Å². The Kier molecular flexibility index (Phi) is 5.08. The molecule has 3 rings (SSSR count). The number of hydrogen-bond acceptors (Lipinski definition) is 4. The van der Waals surface area contributed by atoms with Crippen molar-refractivity contribution >= 4 is 5.91 Å². The van der Waals surface area contributed by atoms with E-state index in [4.69, 9.17) is 9.47 Å². The minimum atomic E-state index is -0.386. The summed E-state index contributed by atoms with van der Waals surface area (Å²) in [5.41, 5.74) is 1.25. The van der Waals surface area contributed by atoms with Crippen molar-refractivity contribution in [3.8, 4) is 0 Å². The van der Waals surface area contributed by atoms with Gasteiger partial charge in [-0.3, -0.25) is 9.69 Å². The third kappa shape index (κ3) is 3.66. The molecule has 0 spiro atoms. The van der Waals surface area contributed by atoms with Crippen molar-refractivity contribution < 1.29 is 14.3 Å². The van der Waals surface area contributed by atoms with Crippen LogP contribution in [0.2, 0.25) is 0 Å². The van der Waals surface area contributed by atoms with Crippen molar-refractivity contribution in [1.82, 2.24) is 10.2 Å². The third-order valence-electron chi connectivity index (χ3n) is 4.38. The van der Waals surface area contributed by atoms with Crippen molar-refractivity contribution in [3.05, 3.63) is 35.9 Å². The van der Waals surface area contributed by atoms with Gasteiger partial charge in [0.05, 0.1) is 25.7 Å². The van der Waals surface area contributed by atoms with Crippen molar-refractivity contribution in [3.63, 3.8) is 0 Å². The van der Waals surface area contributed by atoms with Crippen LogP contribution < -0.4 is 5.32 Å². The third-order valence-corrected chi connectivity index (χ3v) is 4.38. The topological polar surface area (TPSA) is 50.8 Å². The fourth-order valence-electron chi connectivity index (χ4n) is 3.31. The Labute approximate surface area is 131 Å². The van der Waals surface area contributed by atoms with E-state index in [1.54, 1.807) is 0 Å². The molecule has 2 atom stereocenters. The van der Waals surface area contributed by atoms with Crippen LogP contribution in [0, 0.1) is 0 Å². The number of ether oxygens (including phenoxy) is 2. The molecule has 5 heteroatoms. The van der Waals surface area contributed by atoms with Crippen LogP contribution in [-0.2, 0) is 14.3 Å². The van der Waals surface area contributed by atoms with E-state index < -0.39 is 0 Å². The number of likely N-dealkylation sites (N-methyl/N-ethyl adjacent to an activating group) is 1. The summed E-state index contributed by atoms with van der Waals surface area (Å²) >= 11 is 0. The standard InChI is InChI=1S/C17H24N2O3/c1-19-9-8-14(17(19)13-6-3-2-4-7-13)18-15(20)12-16-21-10-5-11-22-16/h2-4,6-7,14,16-17H,5,8-12H2,1H3,(H,18,20). The smallest absolute Gasteiger partial charge is 0.225 e. The molecule has 0 saturated carbocycles. The quantitative estimate of drug-likeness (QED) is 0.920. The maximum Gasteiger partial charge on any atom is 0.225 e. The predicted octanol–water partition coefficient (Wildman–Crippen LogP) is 1.70. The zero-order valence-corrected chi connectivity index (χ0v) is 13.0. The molecular weight excluding hydrogens is 280 g/mol. The summed E-state index contributed by atoms with van der Waals surface area (Å²) in [7, 11) is 2.11. The Morgan fingerprint density at radius 1 is 1.27 bits per heavy atom. The number of amides is 1. The lowest BCUT2D eigenvalue weighted by atomic mass is 10.00. The number of carbonyl (C=O) groups excluding carboxylic acids is 1. The van der Waals surface area contributed by atoms with E-state index in [9.17, 15) is 4.79 Å². The first-order valence-corrected chi connectivity index (χ1v) is 8.02. The van der Waals surface area contributed by atoms with Crippen LogP contribution in [0.5, 0.6) is 0 Å². The van der Waals surface area contributed by atoms with Crippen LogP contribution in [0.15, 0.2) is 30.3 Å². The van der Waals surface area contributed by atoms with Gasteiger partial charge in [-0.15, -0.1) is 0 Å². The second-order valence-corrected chi connectivity index (χ2v) is 6.03. The van der Waals surface area contributed by atoms with E-state index in [1.165, 1.54) is 5.56 Å². The maximum absolute atomic E-state index is 12.3. The molecule has 120 valence electrons. The molecule has 1 amide bonds. The lowest BCUT2D eigenvalue weighted by Gasteiger charge is -2.27. The van der Waals surface area contributed by atoms with Gasteiger partial charge in [0.1, 0.15) is 0 Å². The second kappa shape index (κ2) is 7.22. The molecule has 0 radical (unpaired) electrons.